The Balaban J connectivity index is 2.94. The van der Waals surface area contributed by atoms with Crippen molar-refractivity contribution < 1.29 is 4.79 Å². The zero-order valence-electron chi connectivity index (χ0n) is 8.08. The van der Waals surface area contributed by atoms with Crippen LogP contribution in [0.4, 0.5) is 0 Å². The molecular formula is C12H14O. The lowest BCUT2D eigenvalue weighted by atomic mass is 10.1. The molecule has 0 unspecified atom stereocenters. The summed E-state index contributed by atoms with van der Waals surface area (Å²) in [5, 5.41) is 0. The van der Waals surface area contributed by atoms with E-state index in [0.717, 1.165) is 12.0 Å². The monoisotopic (exact) mass is 174 g/mol. The molecule has 0 saturated carbocycles. The van der Waals surface area contributed by atoms with Crippen LogP contribution in [0.1, 0.15) is 29.8 Å². The maximum atomic E-state index is 11.4. The van der Waals surface area contributed by atoms with Crippen molar-refractivity contribution in [1.29, 1.82) is 0 Å². The molecule has 0 amide bonds. The van der Waals surface area contributed by atoms with Crippen molar-refractivity contribution in [2.24, 2.45) is 0 Å². The van der Waals surface area contributed by atoms with Crippen molar-refractivity contribution in [2.45, 2.75) is 20.3 Å². The number of carbonyl (C=O) groups is 1. The maximum absolute atomic E-state index is 11.4. The summed E-state index contributed by atoms with van der Waals surface area (Å²) >= 11 is 0. The molecule has 0 heterocycles. The number of hydrogen-bond acceptors (Lipinski definition) is 1. The van der Waals surface area contributed by atoms with Gasteiger partial charge in [0.2, 0.25) is 0 Å². The molecule has 68 valence electrons. The third kappa shape index (κ3) is 2.55. The highest BCUT2D eigenvalue weighted by Gasteiger charge is 2.00. The number of rotatable bonds is 3. The number of hydrogen-bond donors (Lipinski definition) is 0. The first-order valence-corrected chi connectivity index (χ1v) is 4.54. The van der Waals surface area contributed by atoms with Crippen LogP contribution in [0.3, 0.4) is 0 Å². The molecular weight excluding hydrogens is 160 g/mol. The van der Waals surface area contributed by atoms with E-state index in [9.17, 15) is 4.79 Å². The van der Waals surface area contributed by atoms with Gasteiger partial charge < -0.3 is 0 Å². The van der Waals surface area contributed by atoms with E-state index in [-0.39, 0.29) is 5.78 Å². The summed E-state index contributed by atoms with van der Waals surface area (Å²) in [6.07, 6.45) is 4.33. The SMILES string of the molecule is C/C=C/C(=O)c1cccc(CC)c1. The van der Waals surface area contributed by atoms with Gasteiger partial charge in [0.1, 0.15) is 0 Å². The van der Waals surface area contributed by atoms with E-state index in [1.807, 2.05) is 31.2 Å². The van der Waals surface area contributed by atoms with E-state index in [1.54, 1.807) is 12.2 Å². The molecule has 0 bridgehead atoms. The average Bonchev–Trinajstić information content (AvgIpc) is 2.18. The number of carbonyl (C=O) groups excluding carboxylic acids is 1. The van der Waals surface area contributed by atoms with Crippen LogP contribution in [-0.4, -0.2) is 5.78 Å². The Morgan fingerprint density at radius 3 is 2.85 bits per heavy atom. The molecule has 0 spiro atoms. The molecule has 1 heteroatoms. The molecule has 0 N–H and O–H groups in total. The van der Waals surface area contributed by atoms with Crippen LogP contribution in [-0.2, 0) is 6.42 Å². The fourth-order valence-electron chi connectivity index (χ4n) is 1.19. The first-order chi connectivity index (χ1) is 6.27. The van der Waals surface area contributed by atoms with Crippen LogP contribution in [0.25, 0.3) is 0 Å². The van der Waals surface area contributed by atoms with Crippen LogP contribution < -0.4 is 0 Å². The van der Waals surface area contributed by atoms with Gasteiger partial charge in [-0.2, -0.15) is 0 Å². The third-order valence-corrected chi connectivity index (χ3v) is 1.94. The number of aryl methyl sites for hydroxylation is 1. The first-order valence-electron chi connectivity index (χ1n) is 4.54. The third-order valence-electron chi connectivity index (χ3n) is 1.94. The number of benzene rings is 1. The van der Waals surface area contributed by atoms with E-state index in [0.29, 0.717) is 0 Å². The molecule has 1 rings (SSSR count). The lowest BCUT2D eigenvalue weighted by Gasteiger charge is -1.98. The van der Waals surface area contributed by atoms with Gasteiger partial charge in [-0.05, 0) is 31.1 Å². The Labute approximate surface area is 79.1 Å². The highest BCUT2D eigenvalue weighted by Crippen LogP contribution is 2.07. The van der Waals surface area contributed by atoms with Crippen LogP contribution in [0.5, 0.6) is 0 Å². The minimum absolute atomic E-state index is 0.0813. The predicted octanol–water partition coefficient (Wildman–Crippen LogP) is 3.01. The maximum Gasteiger partial charge on any atom is 0.185 e. The Bertz CT molecular complexity index is 324. The van der Waals surface area contributed by atoms with Crippen LogP contribution >= 0.6 is 0 Å². The first kappa shape index (κ1) is 9.72. The summed E-state index contributed by atoms with van der Waals surface area (Å²) in [5.41, 5.74) is 1.98. The molecule has 0 saturated heterocycles. The van der Waals surface area contributed by atoms with E-state index in [1.165, 1.54) is 5.56 Å². The van der Waals surface area contributed by atoms with Gasteiger partial charge >= 0.3 is 0 Å². The minimum Gasteiger partial charge on any atom is -0.289 e. The molecule has 0 radical (unpaired) electrons. The summed E-state index contributed by atoms with van der Waals surface area (Å²) in [7, 11) is 0. The van der Waals surface area contributed by atoms with Gasteiger partial charge in [0.15, 0.2) is 5.78 Å². The smallest absolute Gasteiger partial charge is 0.185 e. The number of allylic oxidation sites excluding steroid dienone is 2. The summed E-state index contributed by atoms with van der Waals surface area (Å²) in [5.74, 6) is 0.0813. The quantitative estimate of drug-likeness (QED) is 0.508. The summed E-state index contributed by atoms with van der Waals surface area (Å²) in [6.45, 7) is 3.93. The van der Waals surface area contributed by atoms with E-state index in [4.69, 9.17) is 0 Å². The molecule has 0 aromatic heterocycles. The highest BCUT2D eigenvalue weighted by atomic mass is 16.1. The van der Waals surface area contributed by atoms with Crippen LogP contribution in [0.2, 0.25) is 0 Å². The molecule has 1 aromatic rings. The van der Waals surface area contributed by atoms with Crippen molar-refractivity contribution in [3.05, 3.63) is 47.5 Å². The predicted molar refractivity (Wildman–Crippen MR) is 55.0 cm³/mol. The Hall–Kier alpha value is -1.37. The van der Waals surface area contributed by atoms with Crippen LogP contribution in [0.15, 0.2) is 36.4 Å². The summed E-state index contributed by atoms with van der Waals surface area (Å²) in [4.78, 5) is 11.4. The summed E-state index contributed by atoms with van der Waals surface area (Å²) < 4.78 is 0. The van der Waals surface area contributed by atoms with Gasteiger partial charge in [-0.25, -0.2) is 0 Å². The lowest BCUT2D eigenvalue weighted by Crippen LogP contribution is -1.94. The second kappa shape index (κ2) is 4.61. The fraction of sp³-hybridized carbons (Fsp3) is 0.250. The second-order valence-corrected chi connectivity index (χ2v) is 2.92. The zero-order chi connectivity index (χ0) is 9.68. The van der Waals surface area contributed by atoms with E-state index >= 15 is 0 Å². The summed E-state index contributed by atoms with van der Waals surface area (Å²) in [6, 6.07) is 7.76. The zero-order valence-corrected chi connectivity index (χ0v) is 8.08. The molecule has 1 nitrogen and oxygen atoms in total. The molecule has 1 aromatic carbocycles. The van der Waals surface area contributed by atoms with Crippen molar-refractivity contribution in [3.8, 4) is 0 Å². The van der Waals surface area contributed by atoms with Crippen molar-refractivity contribution >= 4 is 5.78 Å². The Morgan fingerprint density at radius 2 is 2.23 bits per heavy atom. The Kier molecular flexibility index (Phi) is 3.44. The molecule has 0 atom stereocenters. The molecule has 13 heavy (non-hydrogen) atoms. The highest BCUT2D eigenvalue weighted by molar-refractivity contribution is 6.04. The van der Waals surface area contributed by atoms with Crippen molar-refractivity contribution in [2.75, 3.05) is 0 Å². The van der Waals surface area contributed by atoms with Gasteiger partial charge in [-0.1, -0.05) is 31.2 Å². The van der Waals surface area contributed by atoms with Gasteiger partial charge in [0, 0.05) is 5.56 Å². The number of ketones is 1. The lowest BCUT2D eigenvalue weighted by molar-refractivity contribution is 0.104. The molecule has 0 fully saturated rings. The molecule has 0 aliphatic heterocycles. The Morgan fingerprint density at radius 1 is 1.46 bits per heavy atom. The van der Waals surface area contributed by atoms with Crippen LogP contribution in [0, 0.1) is 0 Å². The standard InChI is InChI=1S/C12H14O/c1-3-6-12(13)11-8-5-7-10(4-2)9-11/h3,5-9H,4H2,1-2H3/b6-3+. The van der Waals surface area contributed by atoms with E-state index in [2.05, 4.69) is 6.92 Å². The van der Waals surface area contributed by atoms with Crippen molar-refractivity contribution in [3.63, 3.8) is 0 Å². The van der Waals surface area contributed by atoms with Gasteiger partial charge in [0.05, 0.1) is 0 Å². The fourth-order valence-corrected chi connectivity index (χ4v) is 1.19. The largest absolute Gasteiger partial charge is 0.289 e. The van der Waals surface area contributed by atoms with E-state index < -0.39 is 0 Å². The normalized spacial score (nSPS) is 10.6. The minimum atomic E-state index is 0.0813. The van der Waals surface area contributed by atoms with Crippen molar-refractivity contribution in [1.82, 2.24) is 0 Å². The van der Waals surface area contributed by atoms with Gasteiger partial charge in [-0.3, -0.25) is 4.79 Å². The van der Waals surface area contributed by atoms with Gasteiger partial charge in [-0.15, -0.1) is 0 Å². The topological polar surface area (TPSA) is 17.1 Å². The molecule has 0 aliphatic carbocycles. The second-order valence-electron chi connectivity index (χ2n) is 2.92. The average molecular weight is 174 g/mol. The van der Waals surface area contributed by atoms with Gasteiger partial charge in [0.25, 0.3) is 0 Å². The molecule has 0 aliphatic rings.